The zero-order chi connectivity index (χ0) is 9.78. The summed E-state index contributed by atoms with van der Waals surface area (Å²) >= 11 is 0. The van der Waals surface area contributed by atoms with Gasteiger partial charge in [-0.2, -0.15) is 5.26 Å². The van der Waals surface area contributed by atoms with Crippen molar-refractivity contribution in [3.8, 4) is 6.07 Å². The summed E-state index contributed by atoms with van der Waals surface area (Å²) < 4.78 is 0. The molecule has 0 aromatic carbocycles. The Balaban J connectivity index is 2.92. The van der Waals surface area contributed by atoms with E-state index in [2.05, 4.69) is 6.07 Å². The average molecular weight is 181 g/mol. The SMILES string of the molecule is N#CCCCCCCC/C=C\CO. The molecule has 0 aromatic heterocycles. The van der Waals surface area contributed by atoms with E-state index in [-0.39, 0.29) is 6.61 Å². The van der Waals surface area contributed by atoms with Crippen LogP contribution in [0.25, 0.3) is 0 Å². The average Bonchev–Trinajstić information content (AvgIpc) is 2.16. The summed E-state index contributed by atoms with van der Waals surface area (Å²) in [4.78, 5) is 0. The lowest BCUT2D eigenvalue weighted by Gasteiger charge is -1.96. The predicted octanol–water partition coefficient (Wildman–Crippen LogP) is 2.79. The second-order valence-electron chi connectivity index (χ2n) is 3.12. The molecule has 0 fully saturated rings. The van der Waals surface area contributed by atoms with Crippen LogP contribution in [-0.2, 0) is 0 Å². The van der Waals surface area contributed by atoms with Gasteiger partial charge in [0.2, 0.25) is 0 Å². The second kappa shape index (κ2) is 11.2. The van der Waals surface area contributed by atoms with Crippen LogP contribution in [0.15, 0.2) is 12.2 Å². The highest BCUT2D eigenvalue weighted by Crippen LogP contribution is 2.06. The van der Waals surface area contributed by atoms with E-state index in [1.54, 1.807) is 6.08 Å². The second-order valence-corrected chi connectivity index (χ2v) is 3.12. The van der Waals surface area contributed by atoms with Gasteiger partial charge in [0, 0.05) is 6.42 Å². The van der Waals surface area contributed by atoms with Gasteiger partial charge >= 0.3 is 0 Å². The van der Waals surface area contributed by atoms with E-state index in [9.17, 15) is 0 Å². The molecule has 0 amide bonds. The monoisotopic (exact) mass is 181 g/mol. The minimum atomic E-state index is 0.155. The summed E-state index contributed by atoms with van der Waals surface area (Å²) in [5, 5.41) is 16.7. The van der Waals surface area contributed by atoms with Crippen LogP contribution in [0.2, 0.25) is 0 Å². The molecule has 2 nitrogen and oxygen atoms in total. The van der Waals surface area contributed by atoms with E-state index >= 15 is 0 Å². The van der Waals surface area contributed by atoms with Gasteiger partial charge < -0.3 is 5.11 Å². The molecule has 0 aliphatic rings. The third-order valence-corrected chi connectivity index (χ3v) is 1.93. The molecule has 0 bridgehead atoms. The summed E-state index contributed by atoms with van der Waals surface area (Å²) in [6, 6.07) is 2.15. The topological polar surface area (TPSA) is 44.0 Å². The molecule has 0 radical (unpaired) electrons. The normalized spacial score (nSPS) is 10.5. The highest BCUT2D eigenvalue weighted by Gasteiger charge is 1.88. The molecule has 0 rings (SSSR count). The molecule has 0 saturated carbocycles. The van der Waals surface area contributed by atoms with Crippen LogP contribution in [-0.4, -0.2) is 11.7 Å². The molecule has 13 heavy (non-hydrogen) atoms. The number of aliphatic hydroxyl groups is 1. The Morgan fingerprint density at radius 2 is 1.69 bits per heavy atom. The Labute approximate surface area is 80.9 Å². The molecule has 0 atom stereocenters. The molecule has 0 aliphatic heterocycles. The summed E-state index contributed by atoms with van der Waals surface area (Å²) in [5.74, 6) is 0. The largest absolute Gasteiger partial charge is 0.392 e. The van der Waals surface area contributed by atoms with Crippen LogP contribution in [0.4, 0.5) is 0 Å². The van der Waals surface area contributed by atoms with E-state index in [1.807, 2.05) is 6.08 Å². The molecule has 0 heterocycles. The minimum absolute atomic E-state index is 0.155. The number of unbranched alkanes of at least 4 members (excludes halogenated alkanes) is 6. The molecule has 0 unspecified atom stereocenters. The molecule has 0 aliphatic carbocycles. The van der Waals surface area contributed by atoms with E-state index in [0.29, 0.717) is 6.42 Å². The lowest BCUT2D eigenvalue weighted by Crippen LogP contribution is -1.78. The smallest absolute Gasteiger partial charge is 0.0621 e. The van der Waals surface area contributed by atoms with Crippen molar-refractivity contribution in [3.63, 3.8) is 0 Å². The molecule has 74 valence electrons. The fraction of sp³-hybridized carbons (Fsp3) is 0.727. The van der Waals surface area contributed by atoms with Crippen LogP contribution in [0, 0.1) is 11.3 Å². The Hall–Kier alpha value is -0.810. The van der Waals surface area contributed by atoms with Gasteiger partial charge in [0.1, 0.15) is 0 Å². The maximum atomic E-state index is 8.45. The van der Waals surface area contributed by atoms with Crippen molar-refractivity contribution in [2.45, 2.75) is 44.9 Å². The van der Waals surface area contributed by atoms with E-state index in [4.69, 9.17) is 10.4 Å². The number of hydrogen-bond donors (Lipinski definition) is 1. The van der Waals surface area contributed by atoms with Gasteiger partial charge in [0.15, 0.2) is 0 Å². The van der Waals surface area contributed by atoms with Gasteiger partial charge in [-0.05, 0) is 19.3 Å². The Kier molecular flexibility index (Phi) is 10.5. The number of allylic oxidation sites excluding steroid dienone is 1. The van der Waals surface area contributed by atoms with Gasteiger partial charge in [-0.25, -0.2) is 0 Å². The highest BCUT2D eigenvalue weighted by atomic mass is 16.2. The first-order valence-electron chi connectivity index (χ1n) is 5.04. The van der Waals surface area contributed by atoms with E-state index in [1.165, 1.54) is 25.7 Å². The van der Waals surface area contributed by atoms with Crippen LogP contribution in [0.3, 0.4) is 0 Å². The molecule has 2 heteroatoms. The first-order valence-corrected chi connectivity index (χ1v) is 5.04. The van der Waals surface area contributed by atoms with Crippen molar-refractivity contribution in [3.05, 3.63) is 12.2 Å². The van der Waals surface area contributed by atoms with Crippen molar-refractivity contribution in [1.82, 2.24) is 0 Å². The number of nitriles is 1. The van der Waals surface area contributed by atoms with E-state index in [0.717, 1.165) is 12.8 Å². The summed E-state index contributed by atoms with van der Waals surface area (Å²) in [5.41, 5.74) is 0. The molecular weight excluding hydrogens is 162 g/mol. The fourth-order valence-corrected chi connectivity index (χ4v) is 1.19. The Bertz CT molecular complexity index is 158. The van der Waals surface area contributed by atoms with Crippen molar-refractivity contribution in [1.29, 1.82) is 5.26 Å². The molecule has 1 N–H and O–H groups in total. The fourth-order valence-electron chi connectivity index (χ4n) is 1.19. The number of nitrogens with zero attached hydrogens (tertiary/aromatic N) is 1. The standard InChI is InChI=1S/C11H19NO/c12-10-8-6-4-2-1-3-5-7-9-11-13/h7,9,13H,1-6,8,11H2/b9-7-. The summed E-state index contributed by atoms with van der Waals surface area (Å²) in [6.45, 7) is 0.155. The molecular formula is C11H19NO. The Morgan fingerprint density at radius 1 is 1.00 bits per heavy atom. The van der Waals surface area contributed by atoms with Gasteiger partial charge in [0.05, 0.1) is 12.7 Å². The number of hydrogen-bond acceptors (Lipinski definition) is 2. The first kappa shape index (κ1) is 12.2. The van der Waals surface area contributed by atoms with Crippen molar-refractivity contribution in [2.24, 2.45) is 0 Å². The van der Waals surface area contributed by atoms with Crippen molar-refractivity contribution >= 4 is 0 Å². The van der Waals surface area contributed by atoms with Crippen LogP contribution < -0.4 is 0 Å². The van der Waals surface area contributed by atoms with Gasteiger partial charge in [-0.1, -0.05) is 31.4 Å². The summed E-state index contributed by atoms with van der Waals surface area (Å²) in [7, 11) is 0. The van der Waals surface area contributed by atoms with Crippen LogP contribution in [0.5, 0.6) is 0 Å². The lowest BCUT2D eigenvalue weighted by molar-refractivity contribution is 0.342. The third-order valence-electron chi connectivity index (χ3n) is 1.93. The molecule has 0 saturated heterocycles. The maximum Gasteiger partial charge on any atom is 0.0621 e. The first-order chi connectivity index (χ1) is 6.41. The molecule has 0 aromatic rings. The Morgan fingerprint density at radius 3 is 2.38 bits per heavy atom. The van der Waals surface area contributed by atoms with Crippen molar-refractivity contribution in [2.75, 3.05) is 6.61 Å². The number of aliphatic hydroxyl groups excluding tert-OH is 1. The zero-order valence-corrected chi connectivity index (χ0v) is 8.21. The molecule has 0 spiro atoms. The van der Waals surface area contributed by atoms with Crippen molar-refractivity contribution < 1.29 is 5.11 Å². The summed E-state index contributed by atoms with van der Waals surface area (Å²) in [6.07, 6.45) is 11.5. The van der Waals surface area contributed by atoms with Gasteiger partial charge in [-0.3, -0.25) is 0 Å². The van der Waals surface area contributed by atoms with E-state index < -0.39 is 0 Å². The van der Waals surface area contributed by atoms with Crippen LogP contribution in [0.1, 0.15) is 44.9 Å². The highest BCUT2D eigenvalue weighted by molar-refractivity contribution is 4.80. The quantitative estimate of drug-likeness (QED) is 0.462. The van der Waals surface area contributed by atoms with Gasteiger partial charge in [0.25, 0.3) is 0 Å². The zero-order valence-electron chi connectivity index (χ0n) is 8.21. The van der Waals surface area contributed by atoms with Gasteiger partial charge in [-0.15, -0.1) is 0 Å². The predicted molar refractivity (Wildman–Crippen MR) is 54.2 cm³/mol. The third kappa shape index (κ3) is 11.2. The van der Waals surface area contributed by atoms with Crippen LogP contribution >= 0.6 is 0 Å². The number of rotatable bonds is 8. The minimum Gasteiger partial charge on any atom is -0.392 e. The maximum absolute atomic E-state index is 8.45. The lowest BCUT2D eigenvalue weighted by atomic mass is 10.1.